The molecule has 1 N–H and O–H groups in total. The van der Waals surface area contributed by atoms with Gasteiger partial charge >= 0.3 is 0 Å². The van der Waals surface area contributed by atoms with E-state index in [1.165, 1.54) is 25.2 Å². The Kier molecular flexibility index (Phi) is 5.92. The van der Waals surface area contributed by atoms with Crippen LogP contribution in [0.15, 0.2) is 22.7 Å². The molecule has 0 aliphatic carbocycles. The molecule has 3 rings (SSSR count). The Morgan fingerprint density at radius 3 is 2.88 bits per heavy atom. The number of rotatable bonds is 6. The molecule has 140 valence electrons. The van der Waals surface area contributed by atoms with Crippen molar-refractivity contribution in [3.05, 3.63) is 47.1 Å². The molecule has 1 fully saturated rings. The Bertz CT molecular complexity index is 745. The van der Waals surface area contributed by atoms with Crippen LogP contribution in [-0.4, -0.2) is 41.1 Å². The average molecular weight is 364 g/mol. The summed E-state index contributed by atoms with van der Waals surface area (Å²) in [6.07, 6.45) is 3.14. The molecule has 1 atom stereocenters. The van der Waals surface area contributed by atoms with Crippen LogP contribution < -0.4 is 5.32 Å². The number of likely N-dealkylation sites (tertiary alicyclic amines) is 1. The summed E-state index contributed by atoms with van der Waals surface area (Å²) < 4.78 is 32.6. The van der Waals surface area contributed by atoms with E-state index in [0.29, 0.717) is 24.8 Å². The molecule has 0 bridgehead atoms. The molecule has 2 heterocycles. The zero-order valence-electron chi connectivity index (χ0n) is 14.7. The standard InChI is InChI=1S/C18H22F2N4O2/c1-21-18(25)17-22-16(26-23-17)11-24-9-3-4-12(10-24)7-8-13-14(19)5-2-6-15(13)20/h2,5-6,12H,3-4,7-11H2,1H3,(H,21,25)/t12-/m1/s1. The van der Waals surface area contributed by atoms with E-state index in [0.717, 1.165) is 32.4 Å². The molecule has 26 heavy (non-hydrogen) atoms. The molecule has 0 radical (unpaired) electrons. The van der Waals surface area contributed by atoms with E-state index in [4.69, 9.17) is 4.52 Å². The van der Waals surface area contributed by atoms with Crippen LogP contribution in [0.2, 0.25) is 0 Å². The molecule has 1 aromatic heterocycles. The molecule has 1 aliphatic rings. The Balaban J connectivity index is 1.54. The van der Waals surface area contributed by atoms with Gasteiger partial charge in [0, 0.05) is 19.2 Å². The molecule has 2 aromatic rings. The number of hydrogen-bond donors (Lipinski definition) is 1. The van der Waals surface area contributed by atoms with Crippen molar-refractivity contribution in [3.63, 3.8) is 0 Å². The molecule has 6 nitrogen and oxygen atoms in total. The first-order valence-corrected chi connectivity index (χ1v) is 8.76. The first kappa shape index (κ1) is 18.4. The van der Waals surface area contributed by atoms with Crippen molar-refractivity contribution in [2.75, 3.05) is 20.1 Å². The van der Waals surface area contributed by atoms with Crippen molar-refractivity contribution in [2.45, 2.75) is 32.2 Å². The van der Waals surface area contributed by atoms with Gasteiger partial charge in [-0.1, -0.05) is 11.2 Å². The third kappa shape index (κ3) is 4.43. The van der Waals surface area contributed by atoms with Crippen LogP contribution in [0.5, 0.6) is 0 Å². The molecule has 0 saturated carbocycles. The lowest BCUT2D eigenvalue weighted by Gasteiger charge is -2.31. The van der Waals surface area contributed by atoms with Gasteiger partial charge in [-0.3, -0.25) is 9.69 Å². The molecule has 1 saturated heterocycles. The van der Waals surface area contributed by atoms with Gasteiger partial charge in [-0.2, -0.15) is 4.98 Å². The predicted molar refractivity (Wildman–Crippen MR) is 90.4 cm³/mol. The van der Waals surface area contributed by atoms with Crippen molar-refractivity contribution >= 4 is 5.91 Å². The summed E-state index contributed by atoms with van der Waals surface area (Å²) in [5.41, 5.74) is 0.164. The van der Waals surface area contributed by atoms with Crippen molar-refractivity contribution in [1.29, 1.82) is 0 Å². The minimum absolute atomic E-state index is 0.0195. The van der Waals surface area contributed by atoms with Crippen molar-refractivity contribution < 1.29 is 18.1 Å². The highest BCUT2D eigenvalue weighted by Crippen LogP contribution is 2.24. The third-order valence-electron chi connectivity index (χ3n) is 4.72. The lowest BCUT2D eigenvalue weighted by Crippen LogP contribution is -2.35. The van der Waals surface area contributed by atoms with Crippen LogP contribution in [0.1, 0.15) is 41.3 Å². The highest BCUT2D eigenvalue weighted by molar-refractivity contribution is 5.89. The Morgan fingerprint density at radius 1 is 1.38 bits per heavy atom. The third-order valence-corrected chi connectivity index (χ3v) is 4.72. The largest absolute Gasteiger partial charge is 0.352 e. The predicted octanol–water partition coefficient (Wildman–Crippen LogP) is 2.55. The highest BCUT2D eigenvalue weighted by atomic mass is 19.1. The molecule has 1 aliphatic heterocycles. The fourth-order valence-corrected chi connectivity index (χ4v) is 3.36. The van der Waals surface area contributed by atoms with Gasteiger partial charge in [-0.15, -0.1) is 0 Å². The molecule has 0 spiro atoms. The average Bonchev–Trinajstić information content (AvgIpc) is 3.09. The van der Waals surface area contributed by atoms with E-state index in [9.17, 15) is 13.6 Å². The van der Waals surface area contributed by atoms with Crippen LogP contribution in [0.3, 0.4) is 0 Å². The quantitative estimate of drug-likeness (QED) is 0.853. The van der Waals surface area contributed by atoms with Crippen LogP contribution in [-0.2, 0) is 13.0 Å². The maximum atomic E-state index is 13.8. The summed E-state index contributed by atoms with van der Waals surface area (Å²) in [6.45, 7) is 2.16. The van der Waals surface area contributed by atoms with Gasteiger partial charge in [-0.05, 0) is 50.3 Å². The summed E-state index contributed by atoms with van der Waals surface area (Å²) in [5, 5.41) is 6.11. The Hall–Kier alpha value is -2.35. The number of amides is 1. The van der Waals surface area contributed by atoms with E-state index >= 15 is 0 Å². The molecular formula is C18H22F2N4O2. The molecule has 8 heteroatoms. The first-order valence-electron chi connectivity index (χ1n) is 8.76. The van der Waals surface area contributed by atoms with Crippen molar-refractivity contribution in [1.82, 2.24) is 20.4 Å². The lowest BCUT2D eigenvalue weighted by atomic mass is 9.91. The second-order valence-corrected chi connectivity index (χ2v) is 6.57. The summed E-state index contributed by atoms with van der Waals surface area (Å²) >= 11 is 0. The van der Waals surface area contributed by atoms with Gasteiger partial charge in [0.05, 0.1) is 6.54 Å². The number of carbonyl (C=O) groups excluding carboxylic acids is 1. The Labute approximate surface area is 150 Å². The van der Waals surface area contributed by atoms with E-state index < -0.39 is 11.6 Å². The SMILES string of the molecule is CNC(=O)c1noc(CN2CCC[C@H](CCc3c(F)cccc3F)C2)n1. The molecular weight excluding hydrogens is 342 g/mol. The van der Waals surface area contributed by atoms with Gasteiger partial charge < -0.3 is 9.84 Å². The van der Waals surface area contributed by atoms with Gasteiger partial charge in [0.25, 0.3) is 11.7 Å². The van der Waals surface area contributed by atoms with Crippen LogP contribution in [0.4, 0.5) is 8.78 Å². The van der Waals surface area contributed by atoms with E-state index in [1.54, 1.807) is 0 Å². The van der Waals surface area contributed by atoms with Gasteiger partial charge in [0.15, 0.2) is 0 Å². The fraction of sp³-hybridized carbons (Fsp3) is 0.500. The number of piperidine rings is 1. The zero-order valence-corrected chi connectivity index (χ0v) is 14.7. The number of carbonyl (C=O) groups is 1. The minimum Gasteiger partial charge on any atom is -0.352 e. The maximum Gasteiger partial charge on any atom is 0.292 e. The van der Waals surface area contributed by atoms with Gasteiger partial charge in [0.2, 0.25) is 5.89 Å². The molecule has 1 amide bonds. The normalized spacial score (nSPS) is 18.0. The number of halogens is 2. The van der Waals surface area contributed by atoms with Crippen LogP contribution in [0.25, 0.3) is 0 Å². The summed E-state index contributed by atoms with van der Waals surface area (Å²) in [6, 6.07) is 3.98. The fourth-order valence-electron chi connectivity index (χ4n) is 3.36. The molecule has 0 unspecified atom stereocenters. The van der Waals surface area contributed by atoms with E-state index in [2.05, 4.69) is 20.4 Å². The topological polar surface area (TPSA) is 71.3 Å². The van der Waals surface area contributed by atoms with Gasteiger partial charge in [-0.25, -0.2) is 8.78 Å². The van der Waals surface area contributed by atoms with E-state index in [1.807, 2.05) is 0 Å². The second kappa shape index (κ2) is 8.35. The second-order valence-electron chi connectivity index (χ2n) is 6.57. The summed E-state index contributed by atoms with van der Waals surface area (Å²) in [7, 11) is 1.51. The Morgan fingerprint density at radius 2 is 2.15 bits per heavy atom. The van der Waals surface area contributed by atoms with Crippen LogP contribution >= 0.6 is 0 Å². The maximum absolute atomic E-state index is 13.8. The van der Waals surface area contributed by atoms with Gasteiger partial charge in [0.1, 0.15) is 11.6 Å². The smallest absolute Gasteiger partial charge is 0.292 e. The van der Waals surface area contributed by atoms with Crippen molar-refractivity contribution in [3.8, 4) is 0 Å². The number of nitrogens with zero attached hydrogens (tertiary/aromatic N) is 3. The summed E-state index contributed by atoms with van der Waals surface area (Å²) in [5.74, 6) is -0.585. The monoisotopic (exact) mass is 364 g/mol. The minimum atomic E-state index is -0.481. The first-order chi connectivity index (χ1) is 12.6. The number of nitrogens with one attached hydrogen (secondary N) is 1. The molecule has 1 aromatic carbocycles. The number of benzene rings is 1. The zero-order chi connectivity index (χ0) is 18.5. The summed E-state index contributed by atoms with van der Waals surface area (Å²) in [4.78, 5) is 17.7. The lowest BCUT2D eigenvalue weighted by molar-refractivity contribution is 0.0950. The number of aromatic nitrogens is 2. The van der Waals surface area contributed by atoms with Crippen LogP contribution in [0, 0.1) is 17.6 Å². The van der Waals surface area contributed by atoms with Crippen molar-refractivity contribution in [2.24, 2.45) is 5.92 Å². The number of hydrogen-bond acceptors (Lipinski definition) is 5. The van der Waals surface area contributed by atoms with E-state index in [-0.39, 0.29) is 17.3 Å². The highest BCUT2D eigenvalue weighted by Gasteiger charge is 2.23.